The van der Waals surface area contributed by atoms with E-state index in [1.165, 1.54) is 0 Å². The number of pyridine rings is 1. The summed E-state index contributed by atoms with van der Waals surface area (Å²) in [7, 11) is 0. The number of carboxylic acid groups (broad SMARTS) is 1. The van der Waals surface area contributed by atoms with E-state index in [0.29, 0.717) is 19.7 Å². The predicted molar refractivity (Wildman–Crippen MR) is 135 cm³/mol. The number of hydrogen-bond donors (Lipinski definition) is 2. The molecule has 1 fully saturated rings. The van der Waals surface area contributed by atoms with E-state index in [4.69, 9.17) is 4.74 Å². The highest BCUT2D eigenvalue weighted by atomic mass is 16.5. The van der Waals surface area contributed by atoms with Crippen molar-refractivity contribution in [2.45, 2.75) is 19.1 Å². The number of rotatable bonds is 9. The van der Waals surface area contributed by atoms with Gasteiger partial charge in [-0.25, -0.2) is 0 Å². The maximum atomic E-state index is 12.4. The van der Waals surface area contributed by atoms with Gasteiger partial charge in [0.2, 0.25) is 0 Å². The molecule has 0 saturated carbocycles. The number of aromatic nitrogens is 2. The van der Waals surface area contributed by atoms with Crippen LogP contribution in [-0.2, 0) is 17.8 Å². The summed E-state index contributed by atoms with van der Waals surface area (Å²) in [6.07, 6.45) is 4.56. The summed E-state index contributed by atoms with van der Waals surface area (Å²) >= 11 is 0. The van der Waals surface area contributed by atoms with E-state index in [1.54, 1.807) is 0 Å². The van der Waals surface area contributed by atoms with Gasteiger partial charge in [-0.3, -0.25) is 14.7 Å². The minimum atomic E-state index is -0.822. The topological polar surface area (TPSA) is 81.7 Å². The number of aliphatic carboxylic acids is 1. The van der Waals surface area contributed by atoms with E-state index in [1.807, 2.05) is 79.1 Å². The quantitative estimate of drug-likeness (QED) is 0.383. The van der Waals surface area contributed by atoms with Crippen molar-refractivity contribution >= 4 is 16.9 Å². The van der Waals surface area contributed by atoms with E-state index in [0.717, 1.165) is 59.5 Å². The minimum Gasteiger partial charge on any atom is -0.489 e. The van der Waals surface area contributed by atoms with Crippen LogP contribution in [0.25, 0.3) is 10.9 Å². The number of ether oxygens (including phenoxy) is 1. The Kier molecular flexibility index (Phi) is 7.07. The second kappa shape index (κ2) is 10.7. The number of H-pyrrole nitrogens is 1. The van der Waals surface area contributed by atoms with E-state index in [2.05, 4.69) is 19.8 Å². The Morgan fingerprint density at radius 3 is 2.57 bits per heavy atom. The van der Waals surface area contributed by atoms with Gasteiger partial charge in [0, 0.05) is 79.8 Å². The van der Waals surface area contributed by atoms with Gasteiger partial charge < -0.3 is 19.7 Å². The van der Waals surface area contributed by atoms with E-state index >= 15 is 0 Å². The first-order chi connectivity index (χ1) is 17.2. The molecule has 0 unspecified atom stereocenters. The Morgan fingerprint density at radius 1 is 1.03 bits per heavy atom. The minimum absolute atomic E-state index is 0.488. The number of fused-ring (bicyclic) bond motifs is 1. The fourth-order valence-corrected chi connectivity index (χ4v) is 4.73. The molecule has 1 aliphatic heterocycles. The molecule has 3 heterocycles. The molecular weight excluding hydrogens is 440 g/mol. The van der Waals surface area contributed by atoms with Crippen molar-refractivity contribution in [1.82, 2.24) is 19.8 Å². The number of hydrogen-bond acceptors (Lipinski definition) is 5. The standard InChI is InChI=1S/C28H30N4O3/c33-28(34)27(32-16-14-31(15-17-32)13-11-22-8-4-5-12-29-22)25-19-30-26-18-23(9-10-24(25)26)35-20-21-6-2-1-3-7-21/h1-10,12,18-19,27,30H,11,13-17,20H2,(H,33,34)/t27-/m1/s1. The summed E-state index contributed by atoms with van der Waals surface area (Å²) in [5, 5.41) is 11.1. The van der Waals surface area contributed by atoms with Gasteiger partial charge in [-0.1, -0.05) is 36.4 Å². The van der Waals surface area contributed by atoms with Crippen LogP contribution < -0.4 is 4.74 Å². The summed E-state index contributed by atoms with van der Waals surface area (Å²) in [5.74, 6) is -0.0691. The van der Waals surface area contributed by atoms with Crippen LogP contribution in [0.1, 0.15) is 22.9 Å². The monoisotopic (exact) mass is 470 g/mol. The fraction of sp³-hybridized carbons (Fsp3) is 0.286. The highest BCUT2D eigenvalue weighted by molar-refractivity contribution is 5.90. The molecule has 0 spiro atoms. The summed E-state index contributed by atoms with van der Waals surface area (Å²) in [6.45, 7) is 4.53. The lowest BCUT2D eigenvalue weighted by Crippen LogP contribution is -2.49. The van der Waals surface area contributed by atoms with Crippen LogP contribution >= 0.6 is 0 Å². The lowest BCUT2D eigenvalue weighted by Gasteiger charge is -2.37. The third-order valence-corrected chi connectivity index (χ3v) is 6.64. The highest BCUT2D eigenvalue weighted by Gasteiger charge is 2.32. The average molecular weight is 471 g/mol. The average Bonchev–Trinajstić information content (AvgIpc) is 3.31. The normalized spacial score (nSPS) is 15.8. The van der Waals surface area contributed by atoms with Crippen molar-refractivity contribution in [2.75, 3.05) is 32.7 Å². The molecule has 1 saturated heterocycles. The third-order valence-electron chi connectivity index (χ3n) is 6.64. The van der Waals surface area contributed by atoms with Gasteiger partial charge in [0.05, 0.1) is 0 Å². The van der Waals surface area contributed by atoms with Crippen molar-refractivity contribution in [2.24, 2.45) is 0 Å². The Morgan fingerprint density at radius 2 is 1.83 bits per heavy atom. The third kappa shape index (κ3) is 5.53. The predicted octanol–water partition coefficient (Wildman–Crippen LogP) is 4.13. The van der Waals surface area contributed by atoms with E-state index < -0.39 is 12.0 Å². The first kappa shape index (κ1) is 23.1. The highest BCUT2D eigenvalue weighted by Crippen LogP contribution is 2.31. The van der Waals surface area contributed by atoms with Crippen molar-refractivity contribution in [1.29, 1.82) is 0 Å². The molecule has 1 atom stereocenters. The number of nitrogens with one attached hydrogen (secondary N) is 1. The summed E-state index contributed by atoms with van der Waals surface area (Å²) in [4.78, 5) is 24.5. The molecule has 7 heteroatoms. The molecule has 35 heavy (non-hydrogen) atoms. The number of benzene rings is 2. The van der Waals surface area contributed by atoms with Crippen molar-refractivity contribution in [3.63, 3.8) is 0 Å². The Balaban J connectivity index is 1.23. The fourth-order valence-electron chi connectivity index (χ4n) is 4.73. The molecule has 2 aromatic carbocycles. The number of piperazine rings is 1. The molecular formula is C28H30N4O3. The molecule has 0 radical (unpaired) electrons. The maximum Gasteiger partial charge on any atom is 0.325 e. The van der Waals surface area contributed by atoms with Crippen molar-refractivity contribution < 1.29 is 14.6 Å². The molecule has 0 bridgehead atoms. The van der Waals surface area contributed by atoms with Gasteiger partial charge in [-0.15, -0.1) is 0 Å². The molecule has 5 rings (SSSR count). The summed E-state index contributed by atoms with van der Waals surface area (Å²) in [5.41, 5.74) is 3.86. The zero-order valence-corrected chi connectivity index (χ0v) is 19.6. The summed E-state index contributed by atoms with van der Waals surface area (Å²) < 4.78 is 5.94. The van der Waals surface area contributed by atoms with Crippen LogP contribution in [0.15, 0.2) is 79.1 Å². The molecule has 2 N–H and O–H groups in total. The lowest BCUT2D eigenvalue weighted by atomic mass is 10.0. The van der Waals surface area contributed by atoms with Crippen LogP contribution in [0, 0.1) is 0 Å². The van der Waals surface area contributed by atoms with Gasteiger partial charge in [-0.05, 0) is 29.8 Å². The van der Waals surface area contributed by atoms with Gasteiger partial charge in [0.1, 0.15) is 18.4 Å². The van der Waals surface area contributed by atoms with Gasteiger partial charge in [0.15, 0.2) is 0 Å². The molecule has 7 nitrogen and oxygen atoms in total. The van der Waals surface area contributed by atoms with Crippen LogP contribution in [0.4, 0.5) is 0 Å². The van der Waals surface area contributed by atoms with Crippen LogP contribution in [-0.4, -0.2) is 63.6 Å². The first-order valence-electron chi connectivity index (χ1n) is 12.0. The van der Waals surface area contributed by atoms with E-state index in [9.17, 15) is 9.90 Å². The van der Waals surface area contributed by atoms with Crippen LogP contribution in [0.3, 0.4) is 0 Å². The number of carbonyl (C=O) groups is 1. The molecule has 2 aromatic heterocycles. The Labute approximate surface area is 205 Å². The zero-order chi connectivity index (χ0) is 24.0. The first-order valence-corrected chi connectivity index (χ1v) is 12.0. The molecule has 0 amide bonds. The molecule has 0 aliphatic carbocycles. The second-order valence-corrected chi connectivity index (χ2v) is 8.92. The molecule has 4 aromatic rings. The van der Waals surface area contributed by atoms with Gasteiger partial charge in [0.25, 0.3) is 0 Å². The maximum absolute atomic E-state index is 12.4. The molecule has 1 aliphatic rings. The number of aromatic amines is 1. The van der Waals surface area contributed by atoms with Crippen molar-refractivity contribution in [3.8, 4) is 5.75 Å². The second-order valence-electron chi connectivity index (χ2n) is 8.92. The van der Waals surface area contributed by atoms with Crippen molar-refractivity contribution in [3.05, 3.63) is 95.9 Å². The largest absolute Gasteiger partial charge is 0.489 e. The summed E-state index contributed by atoms with van der Waals surface area (Å²) in [6, 6.07) is 21.1. The number of nitrogens with zero attached hydrogens (tertiary/aromatic N) is 3. The lowest BCUT2D eigenvalue weighted by molar-refractivity contribution is -0.144. The smallest absolute Gasteiger partial charge is 0.325 e. The van der Waals surface area contributed by atoms with Crippen LogP contribution in [0.2, 0.25) is 0 Å². The van der Waals surface area contributed by atoms with Crippen LogP contribution in [0.5, 0.6) is 5.75 Å². The molecule has 180 valence electrons. The Bertz CT molecular complexity index is 1250. The Hall–Kier alpha value is -3.68. The SMILES string of the molecule is O=C(O)[C@@H](c1c[nH]c2cc(OCc3ccccc3)ccc12)N1CCN(CCc2ccccn2)CC1. The van der Waals surface area contributed by atoms with E-state index in [-0.39, 0.29) is 0 Å². The zero-order valence-electron chi connectivity index (χ0n) is 19.6. The van der Waals surface area contributed by atoms with Gasteiger partial charge in [-0.2, -0.15) is 0 Å². The van der Waals surface area contributed by atoms with Gasteiger partial charge >= 0.3 is 5.97 Å². The number of carboxylic acids is 1.